The van der Waals surface area contributed by atoms with E-state index in [2.05, 4.69) is 56.4 Å². The Kier molecular flexibility index (Phi) is 4.62. The molecule has 0 spiro atoms. The highest BCUT2D eigenvalue weighted by molar-refractivity contribution is 5.84. The predicted octanol–water partition coefficient (Wildman–Crippen LogP) is 2.39. The van der Waals surface area contributed by atoms with E-state index in [1.54, 1.807) is 0 Å². The van der Waals surface area contributed by atoms with Crippen molar-refractivity contribution in [2.24, 2.45) is 0 Å². The van der Waals surface area contributed by atoms with E-state index < -0.39 is 0 Å². The van der Waals surface area contributed by atoms with Crippen molar-refractivity contribution in [3.05, 3.63) is 47.7 Å². The molecule has 5 rings (SSSR count). The van der Waals surface area contributed by atoms with Crippen molar-refractivity contribution >= 4 is 16.8 Å². The molecule has 1 amide bonds. The number of amides is 1. The maximum atomic E-state index is 13.3. The second-order valence-corrected chi connectivity index (χ2v) is 8.36. The number of carbonyl (C=O) groups excluding carboxylic acids is 1. The lowest BCUT2D eigenvalue weighted by Gasteiger charge is -2.25. The highest BCUT2D eigenvalue weighted by Crippen LogP contribution is 2.32. The number of rotatable bonds is 3. The highest BCUT2D eigenvalue weighted by atomic mass is 16.2. The molecular weight excluding hydrogens is 364 g/mol. The maximum Gasteiger partial charge on any atom is 0.243 e. The molecule has 1 aromatic carbocycles. The highest BCUT2D eigenvalue weighted by Gasteiger charge is 2.34. The molecular formula is C22H28N6O. The minimum Gasteiger partial charge on any atom is -0.335 e. The lowest BCUT2D eigenvalue weighted by molar-refractivity contribution is -0.132. The third-order valence-corrected chi connectivity index (χ3v) is 6.46. The number of para-hydroxylation sites is 1. The Hall–Kier alpha value is -2.67. The molecule has 7 heteroatoms. The number of carbonyl (C=O) groups is 1. The molecule has 2 aliphatic heterocycles. The largest absolute Gasteiger partial charge is 0.335 e. The fraction of sp³-hybridized carbons (Fsp3) is 0.500. The monoisotopic (exact) mass is 392 g/mol. The summed E-state index contributed by atoms with van der Waals surface area (Å²) in [5.74, 6) is 2.19. The average molecular weight is 393 g/mol. The van der Waals surface area contributed by atoms with E-state index in [0.717, 1.165) is 68.3 Å². The van der Waals surface area contributed by atoms with Crippen LogP contribution >= 0.6 is 0 Å². The SMILES string of the molecule is Cc1cc2ccccc2n1CC(=O)N1CCCC1c1nnc2n1CCN(C)CC2. The summed E-state index contributed by atoms with van der Waals surface area (Å²) in [6, 6.07) is 10.5. The molecule has 0 radical (unpaired) electrons. The van der Waals surface area contributed by atoms with Gasteiger partial charge in [0.25, 0.3) is 0 Å². The van der Waals surface area contributed by atoms with Crippen molar-refractivity contribution in [2.75, 3.05) is 26.7 Å². The van der Waals surface area contributed by atoms with Crippen LogP contribution in [-0.2, 0) is 24.3 Å². The zero-order chi connectivity index (χ0) is 20.0. The molecule has 7 nitrogen and oxygen atoms in total. The van der Waals surface area contributed by atoms with Crippen LogP contribution < -0.4 is 0 Å². The maximum absolute atomic E-state index is 13.3. The Morgan fingerprint density at radius 3 is 2.90 bits per heavy atom. The Bertz CT molecular complexity index is 1050. The molecule has 1 atom stereocenters. The first-order valence-corrected chi connectivity index (χ1v) is 10.6. The zero-order valence-corrected chi connectivity index (χ0v) is 17.2. The standard InChI is InChI=1S/C22H28N6O/c1-16-14-17-6-3-4-7-18(17)28(16)15-21(29)26-10-5-8-19(26)22-24-23-20-9-11-25(2)12-13-27(20)22/h3-4,6-7,14,19H,5,8-13,15H2,1-2H3. The normalized spacial score (nSPS) is 20.2. The fourth-order valence-corrected chi connectivity index (χ4v) is 4.82. The Labute approximate surface area is 170 Å². The number of aryl methyl sites for hydroxylation is 1. The van der Waals surface area contributed by atoms with Crippen molar-refractivity contribution in [3.63, 3.8) is 0 Å². The van der Waals surface area contributed by atoms with Gasteiger partial charge in [0.05, 0.1) is 6.04 Å². The van der Waals surface area contributed by atoms with Crippen molar-refractivity contribution in [2.45, 2.75) is 45.3 Å². The summed E-state index contributed by atoms with van der Waals surface area (Å²) in [6.07, 6.45) is 2.90. The number of hydrogen-bond donors (Lipinski definition) is 0. The van der Waals surface area contributed by atoms with Gasteiger partial charge in [-0.2, -0.15) is 0 Å². The van der Waals surface area contributed by atoms with E-state index in [4.69, 9.17) is 0 Å². The fourth-order valence-electron chi connectivity index (χ4n) is 4.82. The van der Waals surface area contributed by atoms with Gasteiger partial charge in [0.1, 0.15) is 12.4 Å². The van der Waals surface area contributed by atoms with Gasteiger partial charge in [-0.05, 0) is 44.3 Å². The van der Waals surface area contributed by atoms with E-state index in [9.17, 15) is 4.79 Å². The second kappa shape index (κ2) is 7.30. The molecule has 0 saturated carbocycles. The van der Waals surface area contributed by atoms with Gasteiger partial charge >= 0.3 is 0 Å². The van der Waals surface area contributed by atoms with Gasteiger partial charge in [-0.1, -0.05) is 18.2 Å². The van der Waals surface area contributed by atoms with Gasteiger partial charge in [-0.3, -0.25) is 4.79 Å². The molecule has 4 heterocycles. The zero-order valence-electron chi connectivity index (χ0n) is 17.2. The van der Waals surface area contributed by atoms with E-state index in [1.165, 1.54) is 5.39 Å². The Morgan fingerprint density at radius 2 is 2.00 bits per heavy atom. The molecule has 1 unspecified atom stereocenters. The molecule has 152 valence electrons. The van der Waals surface area contributed by atoms with Crippen LogP contribution in [0.25, 0.3) is 10.9 Å². The molecule has 29 heavy (non-hydrogen) atoms. The predicted molar refractivity (Wildman–Crippen MR) is 112 cm³/mol. The van der Waals surface area contributed by atoms with Gasteiger partial charge in [0, 0.05) is 43.8 Å². The van der Waals surface area contributed by atoms with Crippen molar-refractivity contribution in [3.8, 4) is 0 Å². The number of nitrogens with zero attached hydrogens (tertiary/aromatic N) is 6. The number of likely N-dealkylation sites (N-methyl/N-ethyl adjacent to an activating group) is 1. The van der Waals surface area contributed by atoms with Crippen LogP contribution in [0.1, 0.15) is 36.2 Å². The summed E-state index contributed by atoms with van der Waals surface area (Å²) in [4.78, 5) is 17.7. The van der Waals surface area contributed by atoms with Gasteiger partial charge in [-0.15, -0.1) is 10.2 Å². The van der Waals surface area contributed by atoms with Gasteiger partial charge in [-0.25, -0.2) is 0 Å². The smallest absolute Gasteiger partial charge is 0.243 e. The van der Waals surface area contributed by atoms with Gasteiger partial charge in [0.2, 0.25) is 5.91 Å². The first-order chi connectivity index (χ1) is 14.1. The third kappa shape index (κ3) is 3.23. The molecule has 2 aliphatic rings. The minimum absolute atomic E-state index is 0.0364. The van der Waals surface area contributed by atoms with E-state index in [-0.39, 0.29) is 11.9 Å². The molecule has 2 aromatic heterocycles. The average Bonchev–Trinajstić information content (AvgIpc) is 3.39. The number of hydrogen-bond acceptors (Lipinski definition) is 4. The minimum atomic E-state index is 0.0364. The molecule has 1 fully saturated rings. The topological polar surface area (TPSA) is 59.2 Å². The second-order valence-electron chi connectivity index (χ2n) is 8.36. The van der Waals surface area contributed by atoms with E-state index in [0.29, 0.717) is 6.54 Å². The summed E-state index contributed by atoms with van der Waals surface area (Å²) < 4.78 is 4.39. The summed E-state index contributed by atoms with van der Waals surface area (Å²) in [7, 11) is 2.15. The van der Waals surface area contributed by atoms with Crippen molar-refractivity contribution < 1.29 is 4.79 Å². The van der Waals surface area contributed by atoms with Crippen LogP contribution in [0.2, 0.25) is 0 Å². The van der Waals surface area contributed by atoms with Crippen molar-refractivity contribution in [1.82, 2.24) is 29.1 Å². The number of fused-ring (bicyclic) bond motifs is 2. The molecule has 1 saturated heterocycles. The number of aromatic nitrogens is 4. The van der Waals surface area contributed by atoms with E-state index in [1.807, 2.05) is 17.0 Å². The molecule has 0 bridgehead atoms. The van der Waals surface area contributed by atoms with Crippen LogP contribution in [0.4, 0.5) is 0 Å². The number of benzene rings is 1. The Balaban J connectivity index is 1.41. The van der Waals surface area contributed by atoms with Crippen LogP contribution in [0.15, 0.2) is 30.3 Å². The summed E-state index contributed by atoms with van der Waals surface area (Å²) in [6.45, 7) is 6.14. The first-order valence-electron chi connectivity index (χ1n) is 10.6. The summed E-state index contributed by atoms with van der Waals surface area (Å²) >= 11 is 0. The Morgan fingerprint density at radius 1 is 1.14 bits per heavy atom. The lowest BCUT2D eigenvalue weighted by Crippen LogP contribution is -2.35. The molecule has 0 aliphatic carbocycles. The summed E-state index contributed by atoms with van der Waals surface area (Å²) in [5, 5.41) is 10.2. The quantitative estimate of drug-likeness (QED) is 0.687. The van der Waals surface area contributed by atoms with Crippen LogP contribution in [-0.4, -0.2) is 61.7 Å². The lowest BCUT2D eigenvalue weighted by atomic mass is 10.2. The third-order valence-electron chi connectivity index (χ3n) is 6.46. The molecule has 0 N–H and O–H groups in total. The number of likely N-dealkylation sites (tertiary alicyclic amines) is 1. The first kappa shape index (κ1) is 18.4. The summed E-state index contributed by atoms with van der Waals surface area (Å²) in [5.41, 5.74) is 2.24. The van der Waals surface area contributed by atoms with Crippen LogP contribution in [0.5, 0.6) is 0 Å². The van der Waals surface area contributed by atoms with Crippen molar-refractivity contribution in [1.29, 1.82) is 0 Å². The van der Waals surface area contributed by atoms with E-state index >= 15 is 0 Å². The molecule has 3 aromatic rings. The van der Waals surface area contributed by atoms with Gasteiger partial charge < -0.3 is 18.9 Å². The van der Waals surface area contributed by atoms with Crippen LogP contribution in [0.3, 0.4) is 0 Å². The van der Waals surface area contributed by atoms with Crippen LogP contribution in [0, 0.1) is 6.92 Å². The van der Waals surface area contributed by atoms with Gasteiger partial charge in [0.15, 0.2) is 5.82 Å².